The van der Waals surface area contributed by atoms with Gasteiger partial charge in [0.2, 0.25) is 5.91 Å². The topological polar surface area (TPSA) is 64.0 Å². The van der Waals surface area contributed by atoms with Gasteiger partial charge in [-0.05, 0) is 42.0 Å². The summed E-state index contributed by atoms with van der Waals surface area (Å²) in [4.78, 5) is 31.0. The van der Waals surface area contributed by atoms with Gasteiger partial charge in [0.1, 0.15) is 5.82 Å². The van der Waals surface area contributed by atoms with Crippen molar-refractivity contribution in [2.45, 2.75) is 35.1 Å². The van der Waals surface area contributed by atoms with E-state index >= 15 is 0 Å². The van der Waals surface area contributed by atoms with Crippen molar-refractivity contribution in [3.05, 3.63) is 81.1 Å². The van der Waals surface area contributed by atoms with Crippen LogP contribution in [0.15, 0.2) is 63.4 Å². The van der Waals surface area contributed by atoms with Crippen LogP contribution in [0.25, 0.3) is 0 Å². The molecule has 0 fully saturated rings. The summed E-state index contributed by atoms with van der Waals surface area (Å²) < 4.78 is 1.83. The van der Waals surface area contributed by atoms with Crippen LogP contribution in [0.3, 0.4) is 0 Å². The number of rotatable bonds is 5. The van der Waals surface area contributed by atoms with Crippen LogP contribution in [-0.4, -0.2) is 21.7 Å². The van der Waals surface area contributed by atoms with Gasteiger partial charge < -0.3 is 9.88 Å². The number of aryl methyl sites for hydroxylation is 1. The van der Waals surface area contributed by atoms with E-state index in [0.29, 0.717) is 22.3 Å². The van der Waals surface area contributed by atoms with E-state index in [1.54, 1.807) is 11.8 Å². The Kier molecular flexibility index (Phi) is 6.01. The molecular weight excluding hydrogens is 414 g/mol. The molecule has 0 saturated heterocycles. The minimum atomic E-state index is -0.286. The van der Waals surface area contributed by atoms with Crippen LogP contribution in [0.5, 0.6) is 0 Å². The van der Waals surface area contributed by atoms with Crippen LogP contribution < -0.4 is 10.9 Å². The maximum absolute atomic E-state index is 13.0. The molecule has 5 nitrogen and oxygen atoms in total. The molecule has 30 heavy (non-hydrogen) atoms. The van der Waals surface area contributed by atoms with Crippen molar-refractivity contribution in [1.29, 1.82) is 0 Å². The van der Waals surface area contributed by atoms with Gasteiger partial charge in [0, 0.05) is 30.0 Å². The van der Waals surface area contributed by atoms with Gasteiger partial charge in [0.05, 0.1) is 5.56 Å². The number of hydrogen-bond acceptors (Lipinski definition) is 5. The van der Waals surface area contributed by atoms with Crippen LogP contribution in [0.2, 0.25) is 0 Å². The Morgan fingerprint density at radius 2 is 1.87 bits per heavy atom. The number of carbonyl (C=O) groups excluding carboxylic acids is 1. The largest absolute Gasteiger partial charge is 0.312 e. The first-order valence-corrected chi connectivity index (χ1v) is 11.9. The second-order valence-corrected chi connectivity index (χ2v) is 9.14. The van der Waals surface area contributed by atoms with Crippen molar-refractivity contribution in [3.8, 4) is 0 Å². The summed E-state index contributed by atoms with van der Waals surface area (Å²) in [5, 5.41) is 3.51. The number of fused-ring (bicyclic) bond motifs is 1. The minimum Gasteiger partial charge on any atom is -0.312 e. The fraction of sp³-hybridized carbons (Fsp3) is 0.261. The van der Waals surface area contributed by atoms with Crippen LogP contribution in [0.1, 0.15) is 34.6 Å². The van der Waals surface area contributed by atoms with Crippen LogP contribution in [0, 0.1) is 6.92 Å². The zero-order valence-electron chi connectivity index (χ0n) is 17.1. The second kappa shape index (κ2) is 8.70. The second-order valence-electron chi connectivity index (χ2n) is 7.31. The molecule has 0 aliphatic carbocycles. The highest BCUT2D eigenvalue weighted by Gasteiger charge is 2.32. The lowest BCUT2D eigenvalue weighted by Gasteiger charge is -2.27. The summed E-state index contributed by atoms with van der Waals surface area (Å²) >= 11 is 3.16. The smallest absolute Gasteiger partial charge is 0.279 e. The number of benzene rings is 2. The molecule has 3 aromatic rings. The molecule has 1 amide bonds. The lowest BCUT2D eigenvalue weighted by atomic mass is 9.87. The van der Waals surface area contributed by atoms with Crippen molar-refractivity contribution >= 4 is 35.2 Å². The summed E-state index contributed by atoms with van der Waals surface area (Å²) in [6.45, 7) is 2.07. The first kappa shape index (κ1) is 20.8. The Morgan fingerprint density at radius 3 is 2.57 bits per heavy atom. The number of carbonyl (C=O) groups is 1. The summed E-state index contributed by atoms with van der Waals surface area (Å²) in [6, 6.07) is 16.2. The number of nitrogens with zero attached hydrogens (tertiary/aromatic N) is 2. The standard InChI is InChI=1S/C23H23N3O2S2/c1-14-6-4-5-7-16(14)13-30-23-25-22(28)20-18(12-19(27)24-21(20)26(23)2)15-8-10-17(29-3)11-9-15/h4-11,18H,12-13H2,1-3H3,(H,24,27). The van der Waals surface area contributed by atoms with Gasteiger partial charge in [-0.1, -0.05) is 48.2 Å². The maximum atomic E-state index is 13.0. The molecule has 1 aliphatic heterocycles. The number of amides is 1. The first-order valence-electron chi connectivity index (χ1n) is 9.70. The van der Waals surface area contributed by atoms with E-state index in [9.17, 15) is 9.59 Å². The van der Waals surface area contributed by atoms with Crippen LogP contribution >= 0.6 is 23.5 Å². The molecule has 1 atom stereocenters. The Morgan fingerprint density at radius 1 is 1.13 bits per heavy atom. The Bertz CT molecular complexity index is 1160. The quantitative estimate of drug-likeness (QED) is 0.468. The lowest BCUT2D eigenvalue weighted by Crippen LogP contribution is -2.33. The summed E-state index contributed by atoms with van der Waals surface area (Å²) in [5.41, 5.74) is 3.66. The van der Waals surface area contributed by atoms with Crippen LogP contribution in [-0.2, 0) is 17.6 Å². The van der Waals surface area contributed by atoms with E-state index < -0.39 is 0 Å². The summed E-state index contributed by atoms with van der Waals surface area (Å²) in [6.07, 6.45) is 2.27. The molecule has 4 rings (SSSR count). The van der Waals surface area contributed by atoms with Crippen molar-refractivity contribution in [2.24, 2.45) is 7.05 Å². The number of anilines is 1. The van der Waals surface area contributed by atoms with E-state index in [4.69, 9.17) is 0 Å². The molecule has 7 heteroatoms. The van der Waals surface area contributed by atoms with Gasteiger partial charge in [0.15, 0.2) is 5.16 Å². The number of aromatic nitrogens is 2. The Labute approximate surface area is 184 Å². The van der Waals surface area contributed by atoms with E-state index in [1.165, 1.54) is 22.9 Å². The predicted octanol–water partition coefficient (Wildman–Crippen LogP) is 4.58. The van der Waals surface area contributed by atoms with Gasteiger partial charge in [-0.3, -0.25) is 9.59 Å². The Hall–Kier alpha value is -2.51. The molecular formula is C23H23N3O2S2. The lowest BCUT2D eigenvalue weighted by molar-refractivity contribution is -0.116. The summed E-state index contributed by atoms with van der Waals surface area (Å²) in [7, 11) is 1.85. The van der Waals surface area contributed by atoms with Crippen molar-refractivity contribution < 1.29 is 4.79 Å². The zero-order chi connectivity index (χ0) is 21.3. The molecule has 1 unspecified atom stereocenters. The van der Waals surface area contributed by atoms with Crippen molar-refractivity contribution in [2.75, 3.05) is 11.6 Å². The average molecular weight is 438 g/mol. The van der Waals surface area contributed by atoms with E-state index in [2.05, 4.69) is 29.4 Å². The van der Waals surface area contributed by atoms with E-state index in [-0.39, 0.29) is 23.8 Å². The molecule has 0 bridgehead atoms. The van der Waals surface area contributed by atoms with E-state index in [0.717, 1.165) is 10.5 Å². The fourth-order valence-electron chi connectivity index (χ4n) is 3.70. The predicted molar refractivity (Wildman–Crippen MR) is 124 cm³/mol. The van der Waals surface area contributed by atoms with Crippen molar-refractivity contribution in [1.82, 2.24) is 9.55 Å². The fourth-order valence-corrected chi connectivity index (χ4v) is 5.15. The van der Waals surface area contributed by atoms with Crippen molar-refractivity contribution in [3.63, 3.8) is 0 Å². The van der Waals surface area contributed by atoms with Gasteiger partial charge in [-0.15, -0.1) is 11.8 Å². The minimum absolute atomic E-state index is 0.0857. The normalized spacial score (nSPS) is 15.6. The molecule has 1 N–H and O–H groups in total. The molecule has 1 aliphatic rings. The highest BCUT2D eigenvalue weighted by Crippen LogP contribution is 2.36. The summed E-state index contributed by atoms with van der Waals surface area (Å²) in [5.74, 6) is 0.889. The SMILES string of the molecule is CSc1ccc(C2CC(=O)Nc3c2c(=O)nc(SCc2ccccc2C)n3C)cc1. The van der Waals surface area contributed by atoms with Gasteiger partial charge in [-0.25, -0.2) is 0 Å². The van der Waals surface area contributed by atoms with E-state index in [1.807, 2.05) is 54.3 Å². The molecule has 154 valence electrons. The average Bonchev–Trinajstić information content (AvgIpc) is 2.75. The number of hydrogen-bond donors (Lipinski definition) is 1. The molecule has 0 saturated carbocycles. The van der Waals surface area contributed by atoms with Crippen LogP contribution in [0.4, 0.5) is 5.82 Å². The molecule has 0 radical (unpaired) electrons. The molecule has 2 heterocycles. The molecule has 1 aromatic heterocycles. The maximum Gasteiger partial charge on any atom is 0.279 e. The number of thioether (sulfide) groups is 2. The first-order chi connectivity index (χ1) is 14.5. The molecule has 0 spiro atoms. The third-order valence-corrected chi connectivity index (χ3v) is 7.26. The van der Waals surface area contributed by atoms with Gasteiger partial charge in [0.25, 0.3) is 5.56 Å². The highest BCUT2D eigenvalue weighted by atomic mass is 32.2. The monoisotopic (exact) mass is 437 g/mol. The van der Waals surface area contributed by atoms with Gasteiger partial charge in [-0.2, -0.15) is 4.98 Å². The molecule has 2 aromatic carbocycles. The third-order valence-electron chi connectivity index (χ3n) is 5.44. The zero-order valence-corrected chi connectivity index (χ0v) is 18.8. The Balaban J connectivity index is 1.71. The third kappa shape index (κ3) is 4.04. The number of nitrogens with one attached hydrogen (secondary N) is 1. The van der Waals surface area contributed by atoms with Gasteiger partial charge >= 0.3 is 0 Å². The highest BCUT2D eigenvalue weighted by molar-refractivity contribution is 7.98.